The summed E-state index contributed by atoms with van der Waals surface area (Å²) in [7, 11) is 1.62. The molecular formula is C52H97NO7P+. The minimum Gasteiger partial charge on any atom is -0.457 e. The normalized spacial score (nSPS) is 14.1. The van der Waals surface area contributed by atoms with Crippen LogP contribution in [0.15, 0.2) is 60.8 Å². The second-order valence-electron chi connectivity index (χ2n) is 17.8. The molecule has 9 heteroatoms. The van der Waals surface area contributed by atoms with E-state index in [-0.39, 0.29) is 25.8 Å². The van der Waals surface area contributed by atoms with Gasteiger partial charge in [0.2, 0.25) is 0 Å². The fourth-order valence-electron chi connectivity index (χ4n) is 6.80. The Morgan fingerprint density at radius 3 is 1.33 bits per heavy atom. The molecule has 0 aromatic carbocycles. The van der Waals surface area contributed by atoms with Gasteiger partial charge in [-0.15, -0.1) is 0 Å². The van der Waals surface area contributed by atoms with Crippen LogP contribution in [-0.2, 0) is 27.9 Å². The van der Waals surface area contributed by atoms with Crippen LogP contribution in [0.1, 0.15) is 206 Å². The number of likely N-dealkylation sites (N-methyl/N-ethyl adjacent to an activating group) is 1. The number of hydrogen-bond donors (Lipinski definition) is 1. The summed E-state index contributed by atoms with van der Waals surface area (Å²) in [5.41, 5.74) is 0. The van der Waals surface area contributed by atoms with Crippen LogP contribution >= 0.6 is 7.82 Å². The molecule has 0 saturated carbocycles. The Kier molecular flexibility index (Phi) is 43.5. The zero-order chi connectivity index (χ0) is 44.8. The number of phosphoric ester groups is 1. The predicted octanol–water partition coefficient (Wildman–Crippen LogP) is 15.3. The average molecular weight is 879 g/mol. The smallest absolute Gasteiger partial charge is 0.457 e. The van der Waals surface area contributed by atoms with Gasteiger partial charge in [0.05, 0.1) is 41.0 Å². The Labute approximate surface area is 377 Å². The molecule has 0 aromatic heterocycles. The van der Waals surface area contributed by atoms with Crippen LogP contribution in [0, 0.1) is 0 Å². The van der Waals surface area contributed by atoms with Crippen molar-refractivity contribution in [1.82, 2.24) is 0 Å². The molecule has 0 heterocycles. The van der Waals surface area contributed by atoms with Crippen LogP contribution in [0.2, 0.25) is 0 Å². The Bertz CT molecular complexity index is 1160. The van der Waals surface area contributed by atoms with Gasteiger partial charge in [-0.2, -0.15) is 0 Å². The number of esters is 1. The molecule has 8 nitrogen and oxygen atoms in total. The first-order valence-corrected chi connectivity index (χ1v) is 26.5. The second-order valence-corrected chi connectivity index (χ2v) is 19.3. The summed E-state index contributed by atoms with van der Waals surface area (Å²) in [6.07, 6.45) is 57.3. The molecular weight excluding hydrogens is 782 g/mol. The molecule has 0 spiro atoms. The maximum absolute atomic E-state index is 12.7. The first-order chi connectivity index (χ1) is 29.6. The molecule has 61 heavy (non-hydrogen) atoms. The molecule has 0 aliphatic heterocycles. The molecule has 0 aromatic rings. The Balaban J connectivity index is 4.19. The Morgan fingerprint density at radius 1 is 0.525 bits per heavy atom. The highest BCUT2D eigenvalue weighted by Crippen LogP contribution is 2.43. The SMILES string of the molecule is CC/C=C\C/C=C\C/C=C\C/C=C\C/C=C\CCOCC(COP(=O)(O)OCC[N+](C)(C)C)OC(=O)CCCCCCCCCCCCCCCCCCCCCCCCC. The average Bonchev–Trinajstić information content (AvgIpc) is 3.22. The second kappa shape index (κ2) is 44.8. The molecule has 1 N–H and O–H groups in total. The van der Waals surface area contributed by atoms with Crippen LogP contribution in [0.4, 0.5) is 0 Å². The van der Waals surface area contributed by atoms with Gasteiger partial charge in [0.15, 0.2) is 0 Å². The zero-order valence-electron chi connectivity index (χ0n) is 40.4. The molecule has 0 rings (SSSR count). The lowest BCUT2D eigenvalue weighted by molar-refractivity contribution is -0.870. The molecule has 0 amide bonds. The number of nitrogens with zero attached hydrogens (tertiary/aromatic N) is 1. The molecule has 0 aliphatic carbocycles. The number of rotatable bonds is 46. The van der Waals surface area contributed by atoms with E-state index in [0.717, 1.165) is 51.4 Å². The number of ether oxygens (including phenoxy) is 2. The zero-order valence-corrected chi connectivity index (χ0v) is 41.3. The Morgan fingerprint density at radius 2 is 0.918 bits per heavy atom. The van der Waals surface area contributed by atoms with Crippen LogP contribution in [0.5, 0.6) is 0 Å². The van der Waals surface area contributed by atoms with Gasteiger partial charge in [-0.05, 0) is 44.9 Å². The van der Waals surface area contributed by atoms with Crippen molar-refractivity contribution in [1.29, 1.82) is 0 Å². The summed E-state index contributed by atoms with van der Waals surface area (Å²) in [4.78, 5) is 23.0. The van der Waals surface area contributed by atoms with Gasteiger partial charge in [0.25, 0.3) is 0 Å². The van der Waals surface area contributed by atoms with Gasteiger partial charge in [-0.25, -0.2) is 4.57 Å². The van der Waals surface area contributed by atoms with Crippen molar-refractivity contribution in [3.05, 3.63) is 60.8 Å². The van der Waals surface area contributed by atoms with Crippen molar-refractivity contribution in [2.24, 2.45) is 0 Å². The molecule has 0 radical (unpaired) electrons. The largest absolute Gasteiger partial charge is 0.472 e. The number of allylic oxidation sites excluding steroid dienone is 9. The van der Waals surface area contributed by atoms with Gasteiger partial charge in [0, 0.05) is 6.42 Å². The fourth-order valence-corrected chi connectivity index (χ4v) is 7.54. The van der Waals surface area contributed by atoms with E-state index in [0.29, 0.717) is 30.5 Å². The van der Waals surface area contributed by atoms with E-state index in [1.54, 1.807) is 0 Å². The number of quaternary nitrogens is 1. The standard InChI is InChI=1S/C52H96NO7P/c1-6-8-10-12-14-16-18-20-22-24-25-26-27-28-29-30-31-33-35-37-39-41-43-45-52(54)60-51(50-59-61(55,56)58-48-46-53(3,4)5)49-57-47-44-42-40-38-36-34-32-23-21-19-17-15-13-11-9-7-2/h9,11,15,17,21,23,34,36,40,42,51H,6-8,10,12-14,16,18-20,22,24-33,35,37-39,41,43-50H2,1-5H3/p+1/b11-9-,17-15-,23-21-,36-34-,42-40-. The van der Waals surface area contributed by atoms with E-state index >= 15 is 0 Å². The van der Waals surface area contributed by atoms with Gasteiger partial charge in [0.1, 0.15) is 19.3 Å². The minimum absolute atomic E-state index is 0.0744. The van der Waals surface area contributed by atoms with E-state index in [4.69, 9.17) is 18.5 Å². The summed E-state index contributed by atoms with van der Waals surface area (Å²) >= 11 is 0. The summed E-state index contributed by atoms with van der Waals surface area (Å²) < 4.78 is 35.0. The minimum atomic E-state index is -4.30. The predicted molar refractivity (Wildman–Crippen MR) is 261 cm³/mol. The first kappa shape index (κ1) is 59.2. The van der Waals surface area contributed by atoms with Gasteiger partial charge in [-0.1, -0.05) is 216 Å². The number of hydrogen-bond acceptors (Lipinski definition) is 6. The lowest BCUT2D eigenvalue weighted by Gasteiger charge is -2.24. The Hall–Kier alpha value is -1.80. The van der Waals surface area contributed by atoms with E-state index in [1.165, 1.54) is 128 Å². The van der Waals surface area contributed by atoms with Gasteiger partial charge >= 0.3 is 13.8 Å². The topological polar surface area (TPSA) is 91.3 Å². The number of carbonyl (C=O) groups is 1. The van der Waals surface area contributed by atoms with E-state index in [1.807, 2.05) is 21.1 Å². The van der Waals surface area contributed by atoms with Crippen LogP contribution < -0.4 is 0 Å². The fraction of sp³-hybridized carbons (Fsp3) is 0.788. The lowest BCUT2D eigenvalue weighted by atomic mass is 10.0. The number of carbonyl (C=O) groups excluding carboxylic acids is 1. The monoisotopic (exact) mass is 879 g/mol. The molecule has 0 aliphatic rings. The molecule has 2 unspecified atom stereocenters. The van der Waals surface area contributed by atoms with Crippen LogP contribution in [-0.4, -0.2) is 75.6 Å². The quantitative estimate of drug-likeness (QED) is 0.0214. The first-order valence-electron chi connectivity index (χ1n) is 25.0. The van der Waals surface area contributed by atoms with Crippen molar-refractivity contribution < 1.29 is 37.3 Å². The molecule has 356 valence electrons. The third kappa shape index (κ3) is 49.1. The van der Waals surface area contributed by atoms with Crippen molar-refractivity contribution in [3.8, 4) is 0 Å². The van der Waals surface area contributed by atoms with Crippen molar-refractivity contribution in [2.75, 3.05) is 54.1 Å². The van der Waals surface area contributed by atoms with E-state index in [2.05, 4.69) is 74.6 Å². The maximum Gasteiger partial charge on any atom is 0.472 e. The molecule has 2 atom stereocenters. The van der Waals surface area contributed by atoms with Crippen LogP contribution in [0.25, 0.3) is 0 Å². The summed E-state index contributed by atoms with van der Waals surface area (Å²) in [5.74, 6) is -0.336. The third-order valence-electron chi connectivity index (χ3n) is 10.6. The molecule has 0 saturated heterocycles. The molecule has 0 fully saturated rings. The van der Waals surface area contributed by atoms with E-state index in [9.17, 15) is 14.3 Å². The summed E-state index contributed by atoms with van der Waals surface area (Å²) in [5, 5.41) is 0. The maximum atomic E-state index is 12.7. The number of phosphoric acid groups is 1. The van der Waals surface area contributed by atoms with Gasteiger partial charge in [-0.3, -0.25) is 13.8 Å². The van der Waals surface area contributed by atoms with Crippen molar-refractivity contribution >= 4 is 13.8 Å². The highest BCUT2D eigenvalue weighted by Gasteiger charge is 2.26. The summed E-state index contributed by atoms with van der Waals surface area (Å²) in [6, 6.07) is 0. The van der Waals surface area contributed by atoms with Crippen LogP contribution in [0.3, 0.4) is 0 Å². The lowest BCUT2D eigenvalue weighted by Crippen LogP contribution is -2.37. The van der Waals surface area contributed by atoms with Crippen molar-refractivity contribution in [2.45, 2.75) is 213 Å². The highest BCUT2D eigenvalue weighted by atomic mass is 31.2. The summed E-state index contributed by atoms with van der Waals surface area (Å²) in [6.45, 7) is 5.30. The third-order valence-corrected chi connectivity index (χ3v) is 11.6. The van der Waals surface area contributed by atoms with Gasteiger partial charge < -0.3 is 18.9 Å². The van der Waals surface area contributed by atoms with E-state index < -0.39 is 13.9 Å². The molecule has 0 bridgehead atoms. The highest BCUT2D eigenvalue weighted by molar-refractivity contribution is 7.47. The number of unbranched alkanes of at least 4 members (excludes halogenated alkanes) is 22. The van der Waals surface area contributed by atoms with Crippen molar-refractivity contribution in [3.63, 3.8) is 0 Å².